The fourth-order valence-corrected chi connectivity index (χ4v) is 5.54. The van der Waals surface area contributed by atoms with Crippen molar-refractivity contribution in [1.29, 1.82) is 0 Å². The number of aryl methyl sites for hydroxylation is 3. The lowest BCUT2D eigenvalue weighted by atomic mass is 9.92. The van der Waals surface area contributed by atoms with Gasteiger partial charge in [0.15, 0.2) is 0 Å². The van der Waals surface area contributed by atoms with Gasteiger partial charge in [0.1, 0.15) is 0 Å². The molecular formula is C37H30N2. The van der Waals surface area contributed by atoms with Gasteiger partial charge < -0.3 is 0 Å². The Morgan fingerprint density at radius 1 is 0.436 bits per heavy atom. The van der Waals surface area contributed by atoms with Gasteiger partial charge in [-0.15, -0.1) is 0 Å². The van der Waals surface area contributed by atoms with Gasteiger partial charge in [0, 0.05) is 22.9 Å². The van der Waals surface area contributed by atoms with Gasteiger partial charge in [0.2, 0.25) is 0 Å². The molecule has 0 amide bonds. The summed E-state index contributed by atoms with van der Waals surface area (Å²) in [6, 6.07) is 42.6. The second-order valence-electron chi connectivity index (χ2n) is 10.1. The number of benzene rings is 4. The highest BCUT2D eigenvalue weighted by Crippen LogP contribution is 2.35. The number of hydrogen-bond donors (Lipinski definition) is 0. The van der Waals surface area contributed by atoms with E-state index in [0.29, 0.717) is 0 Å². The monoisotopic (exact) mass is 502 g/mol. The summed E-state index contributed by atoms with van der Waals surface area (Å²) in [6.07, 6.45) is 1.92. The Kier molecular flexibility index (Phi) is 6.61. The van der Waals surface area contributed by atoms with Crippen molar-refractivity contribution in [3.8, 4) is 56.0 Å². The van der Waals surface area contributed by atoms with Crippen LogP contribution in [-0.2, 0) is 0 Å². The second-order valence-corrected chi connectivity index (χ2v) is 10.1. The maximum Gasteiger partial charge on any atom is 0.0715 e. The fourth-order valence-electron chi connectivity index (χ4n) is 5.54. The van der Waals surface area contributed by atoms with Gasteiger partial charge in [-0.1, -0.05) is 96.6 Å². The van der Waals surface area contributed by atoms with Gasteiger partial charge in [0.05, 0.1) is 17.1 Å². The molecule has 0 aliphatic heterocycles. The minimum absolute atomic E-state index is 0.961. The average molecular weight is 503 g/mol. The molecule has 0 N–H and O–H groups in total. The van der Waals surface area contributed by atoms with Crippen molar-refractivity contribution in [3.63, 3.8) is 0 Å². The molecule has 6 rings (SSSR count). The molecular weight excluding hydrogens is 472 g/mol. The van der Waals surface area contributed by atoms with E-state index >= 15 is 0 Å². The van der Waals surface area contributed by atoms with E-state index in [2.05, 4.69) is 124 Å². The summed E-state index contributed by atoms with van der Waals surface area (Å²) >= 11 is 0. The second kappa shape index (κ2) is 10.5. The number of hydrogen-bond acceptors (Lipinski definition) is 2. The number of nitrogens with zero attached hydrogens (tertiary/aromatic N) is 2. The van der Waals surface area contributed by atoms with Crippen molar-refractivity contribution in [2.45, 2.75) is 20.8 Å². The maximum atomic E-state index is 5.04. The van der Waals surface area contributed by atoms with Crippen LogP contribution in [0.15, 0.2) is 128 Å². The standard InChI is InChI=1S/C37H30N2/c1-25-21-26(2)37(27(3)22-25)31-19-20-38-36(24-31)30-14-9-13-29(23-30)32-15-7-8-16-33(32)35-18-10-17-34(39-35)28-11-5-4-6-12-28/h4-24H,1-3H3. The minimum atomic E-state index is 0.961. The Morgan fingerprint density at radius 2 is 1.08 bits per heavy atom. The molecule has 188 valence electrons. The first-order valence-electron chi connectivity index (χ1n) is 13.3. The summed E-state index contributed by atoms with van der Waals surface area (Å²) in [7, 11) is 0. The maximum absolute atomic E-state index is 5.04. The van der Waals surface area contributed by atoms with Crippen LogP contribution in [0, 0.1) is 20.8 Å². The zero-order valence-corrected chi connectivity index (χ0v) is 22.5. The molecule has 2 aromatic heterocycles. The van der Waals surface area contributed by atoms with Crippen molar-refractivity contribution in [2.24, 2.45) is 0 Å². The molecule has 0 radical (unpaired) electrons. The fraction of sp³-hybridized carbons (Fsp3) is 0.0811. The highest BCUT2D eigenvalue weighted by Gasteiger charge is 2.12. The molecule has 0 aliphatic carbocycles. The first-order valence-corrected chi connectivity index (χ1v) is 13.3. The van der Waals surface area contributed by atoms with Crippen LogP contribution in [0.25, 0.3) is 56.0 Å². The zero-order valence-electron chi connectivity index (χ0n) is 22.5. The van der Waals surface area contributed by atoms with Crippen LogP contribution in [0.3, 0.4) is 0 Å². The molecule has 2 heterocycles. The van der Waals surface area contributed by atoms with Crippen LogP contribution in [0.5, 0.6) is 0 Å². The summed E-state index contributed by atoms with van der Waals surface area (Å²) in [6.45, 7) is 6.53. The van der Waals surface area contributed by atoms with Crippen LogP contribution >= 0.6 is 0 Å². The topological polar surface area (TPSA) is 25.8 Å². The zero-order chi connectivity index (χ0) is 26.8. The Balaban J connectivity index is 1.40. The quantitative estimate of drug-likeness (QED) is 0.234. The van der Waals surface area contributed by atoms with Crippen LogP contribution in [0.2, 0.25) is 0 Å². The SMILES string of the molecule is Cc1cc(C)c(-c2ccnc(-c3cccc(-c4ccccc4-c4cccc(-c5ccccc5)n4)c3)c2)c(C)c1. The molecule has 0 fully saturated rings. The predicted octanol–water partition coefficient (Wildman–Crippen LogP) is 9.74. The Hall–Kier alpha value is -4.82. The van der Waals surface area contributed by atoms with Crippen molar-refractivity contribution in [3.05, 3.63) is 144 Å². The highest BCUT2D eigenvalue weighted by atomic mass is 14.7. The van der Waals surface area contributed by atoms with Gasteiger partial charge >= 0.3 is 0 Å². The van der Waals surface area contributed by atoms with E-state index in [0.717, 1.165) is 44.9 Å². The minimum Gasteiger partial charge on any atom is -0.256 e. The normalized spacial score (nSPS) is 10.9. The lowest BCUT2D eigenvalue weighted by Gasteiger charge is -2.14. The van der Waals surface area contributed by atoms with Gasteiger partial charge in [-0.25, -0.2) is 4.98 Å². The molecule has 0 atom stereocenters. The Labute approximate surface area is 230 Å². The summed E-state index contributed by atoms with van der Waals surface area (Å²) in [5, 5.41) is 0. The third kappa shape index (κ3) is 5.02. The van der Waals surface area contributed by atoms with Gasteiger partial charge in [-0.05, 0) is 84.5 Å². The van der Waals surface area contributed by atoms with Crippen molar-refractivity contribution in [2.75, 3.05) is 0 Å². The predicted molar refractivity (Wildman–Crippen MR) is 163 cm³/mol. The molecule has 6 aromatic rings. The third-order valence-corrected chi connectivity index (χ3v) is 7.22. The van der Waals surface area contributed by atoms with E-state index in [1.165, 1.54) is 27.8 Å². The molecule has 0 unspecified atom stereocenters. The average Bonchev–Trinajstić information content (AvgIpc) is 2.97. The van der Waals surface area contributed by atoms with Crippen molar-refractivity contribution < 1.29 is 0 Å². The molecule has 0 bridgehead atoms. The molecule has 0 spiro atoms. The summed E-state index contributed by atoms with van der Waals surface area (Å²) in [5.74, 6) is 0. The van der Waals surface area contributed by atoms with Crippen LogP contribution < -0.4 is 0 Å². The van der Waals surface area contributed by atoms with E-state index < -0.39 is 0 Å². The van der Waals surface area contributed by atoms with Crippen LogP contribution in [0.1, 0.15) is 16.7 Å². The lowest BCUT2D eigenvalue weighted by Crippen LogP contribution is -1.93. The molecule has 0 saturated heterocycles. The molecule has 0 aliphatic rings. The van der Waals surface area contributed by atoms with E-state index in [1.807, 2.05) is 24.4 Å². The summed E-state index contributed by atoms with van der Waals surface area (Å²) in [5.41, 5.74) is 14.9. The van der Waals surface area contributed by atoms with Crippen molar-refractivity contribution in [1.82, 2.24) is 9.97 Å². The summed E-state index contributed by atoms with van der Waals surface area (Å²) in [4.78, 5) is 9.80. The molecule has 0 saturated carbocycles. The molecule has 2 heteroatoms. The first-order chi connectivity index (χ1) is 19.1. The van der Waals surface area contributed by atoms with E-state index in [1.54, 1.807) is 0 Å². The summed E-state index contributed by atoms with van der Waals surface area (Å²) < 4.78 is 0. The first kappa shape index (κ1) is 24.5. The number of pyridine rings is 2. The number of rotatable bonds is 5. The Bertz CT molecular complexity index is 1760. The smallest absolute Gasteiger partial charge is 0.0715 e. The van der Waals surface area contributed by atoms with Gasteiger partial charge in [0.25, 0.3) is 0 Å². The number of aromatic nitrogens is 2. The lowest BCUT2D eigenvalue weighted by molar-refractivity contribution is 1.29. The highest BCUT2D eigenvalue weighted by molar-refractivity contribution is 5.85. The van der Waals surface area contributed by atoms with Gasteiger partial charge in [-0.2, -0.15) is 0 Å². The largest absolute Gasteiger partial charge is 0.256 e. The van der Waals surface area contributed by atoms with Crippen LogP contribution in [-0.4, -0.2) is 9.97 Å². The van der Waals surface area contributed by atoms with E-state index in [9.17, 15) is 0 Å². The molecule has 4 aromatic carbocycles. The van der Waals surface area contributed by atoms with Crippen LogP contribution in [0.4, 0.5) is 0 Å². The molecule has 2 nitrogen and oxygen atoms in total. The van der Waals surface area contributed by atoms with E-state index in [-0.39, 0.29) is 0 Å². The van der Waals surface area contributed by atoms with E-state index in [4.69, 9.17) is 9.97 Å². The molecule has 39 heavy (non-hydrogen) atoms. The van der Waals surface area contributed by atoms with Gasteiger partial charge in [-0.3, -0.25) is 4.98 Å². The van der Waals surface area contributed by atoms with Crippen molar-refractivity contribution >= 4 is 0 Å². The third-order valence-electron chi connectivity index (χ3n) is 7.22. The Morgan fingerprint density at radius 3 is 1.87 bits per heavy atom.